The van der Waals surface area contributed by atoms with Crippen LogP contribution < -0.4 is 18.9 Å². The van der Waals surface area contributed by atoms with Gasteiger partial charge in [0.25, 0.3) is 0 Å². The minimum Gasteiger partial charge on any atom is -0.355 e. The Morgan fingerprint density at radius 3 is 2.29 bits per heavy atom. The van der Waals surface area contributed by atoms with E-state index in [1.807, 2.05) is 0 Å². The second-order valence-corrected chi connectivity index (χ2v) is 4.53. The molecule has 1 unspecified atom stereocenters. The fourth-order valence-electron chi connectivity index (χ4n) is 1.68. The number of unbranched alkanes of at least 4 members (excludes halogenated alkanes) is 2. The summed E-state index contributed by atoms with van der Waals surface area (Å²) in [5.41, 5.74) is 0. The van der Waals surface area contributed by atoms with E-state index in [9.17, 15) is 0 Å². The second-order valence-electron chi connectivity index (χ2n) is 4.53. The fraction of sp³-hybridized carbons (Fsp3) is 0.929. The summed E-state index contributed by atoms with van der Waals surface area (Å²) < 4.78 is 10.8. The van der Waals surface area contributed by atoms with E-state index >= 15 is 0 Å². The summed E-state index contributed by atoms with van der Waals surface area (Å²) in [5.74, 6) is 0.791. The van der Waals surface area contributed by atoms with Crippen LogP contribution in [0.1, 0.15) is 59.3 Å². The minimum absolute atomic E-state index is 0. The van der Waals surface area contributed by atoms with E-state index in [0.717, 1.165) is 32.0 Å². The molecule has 0 heterocycles. The molecule has 0 amide bonds. The van der Waals surface area contributed by atoms with Gasteiger partial charge in [-0.2, -0.15) is 13.3 Å². The molecule has 1 atom stereocenters. The molecule has 0 N–H and O–H groups in total. The molecule has 0 aliphatic heterocycles. The third-order valence-electron chi connectivity index (χ3n) is 2.68. The van der Waals surface area contributed by atoms with Gasteiger partial charge in [-0.1, -0.05) is 39.0 Å². The summed E-state index contributed by atoms with van der Waals surface area (Å²) in [5, 5.41) is 0. The predicted molar refractivity (Wildman–Crippen MR) is 69.3 cm³/mol. The second kappa shape index (κ2) is 16.5. The molecule has 0 saturated carbocycles. The number of ether oxygens (including phenoxy) is 2. The van der Waals surface area contributed by atoms with E-state index in [0.29, 0.717) is 6.79 Å². The summed E-state index contributed by atoms with van der Waals surface area (Å²) in [6.07, 6.45) is 9.51. The molecule has 0 bridgehead atoms. The van der Waals surface area contributed by atoms with Crippen LogP contribution in [0.25, 0.3) is 0 Å². The Morgan fingerprint density at radius 1 is 1.06 bits per heavy atom. The van der Waals surface area contributed by atoms with Crippen LogP contribution in [0.3, 0.4) is 0 Å². The fourth-order valence-corrected chi connectivity index (χ4v) is 1.68. The zero-order chi connectivity index (χ0) is 12.1. The van der Waals surface area contributed by atoms with Crippen LogP contribution in [0.5, 0.6) is 0 Å². The quantitative estimate of drug-likeness (QED) is 0.219. The molecule has 0 saturated heterocycles. The Hall–Kier alpha value is 0.517. The third-order valence-corrected chi connectivity index (χ3v) is 2.68. The van der Waals surface area contributed by atoms with Gasteiger partial charge in [0.15, 0.2) is 0 Å². The van der Waals surface area contributed by atoms with Crippen molar-refractivity contribution < 1.29 is 28.3 Å². The molecular formula is C14H29LiO2. The van der Waals surface area contributed by atoms with Crippen LogP contribution in [0.2, 0.25) is 0 Å². The zero-order valence-corrected chi connectivity index (χ0v) is 12.3. The molecule has 0 radical (unpaired) electrons. The van der Waals surface area contributed by atoms with Gasteiger partial charge in [0.1, 0.15) is 6.79 Å². The Balaban J connectivity index is 0. The summed E-state index contributed by atoms with van der Waals surface area (Å²) in [6, 6.07) is 0. The standard InChI is InChI=1S/C14H29O2.Li/c1-4-6-7-11-15-13-16-12-8-10-14(3)9-5-2;/h5,14H,4,6-13H2,1-3H3;/q-1;+1. The molecular weight excluding hydrogens is 207 g/mol. The maximum atomic E-state index is 5.41. The summed E-state index contributed by atoms with van der Waals surface area (Å²) >= 11 is 0. The Kier molecular flexibility index (Phi) is 19.3. The smallest absolute Gasteiger partial charge is 0.355 e. The third kappa shape index (κ3) is 16.5. The first kappa shape index (κ1) is 19.8. The molecule has 17 heavy (non-hydrogen) atoms. The first-order valence-electron chi connectivity index (χ1n) is 6.74. The van der Waals surface area contributed by atoms with Gasteiger partial charge in [-0.05, 0) is 12.8 Å². The Labute approximate surface area is 120 Å². The Morgan fingerprint density at radius 2 is 1.71 bits per heavy atom. The van der Waals surface area contributed by atoms with E-state index in [-0.39, 0.29) is 18.9 Å². The Bertz CT molecular complexity index is 131. The SMILES string of the molecule is C[CH-]CC(C)CCCOCOCCCCC.[Li+]. The normalized spacial score (nSPS) is 12.2. The van der Waals surface area contributed by atoms with Gasteiger partial charge >= 0.3 is 18.9 Å². The molecule has 98 valence electrons. The number of hydrogen-bond donors (Lipinski definition) is 0. The van der Waals surface area contributed by atoms with Crippen molar-refractivity contribution in [2.24, 2.45) is 5.92 Å². The van der Waals surface area contributed by atoms with Crippen molar-refractivity contribution in [3.05, 3.63) is 6.42 Å². The van der Waals surface area contributed by atoms with Crippen molar-refractivity contribution in [1.82, 2.24) is 0 Å². The molecule has 0 aromatic carbocycles. The van der Waals surface area contributed by atoms with E-state index < -0.39 is 0 Å². The van der Waals surface area contributed by atoms with Crippen LogP contribution in [0, 0.1) is 12.3 Å². The van der Waals surface area contributed by atoms with Crippen LogP contribution in [-0.4, -0.2) is 20.0 Å². The van der Waals surface area contributed by atoms with E-state index in [1.54, 1.807) is 0 Å². The summed E-state index contributed by atoms with van der Waals surface area (Å²) in [4.78, 5) is 0. The van der Waals surface area contributed by atoms with Crippen LogP contribution >= 0.6 is 0 Å². The monoisotopic (exact) mass is 236 g/mol. The first-order chi connectivity index (χ1) is 7.81. The van der Waals surface area contributed by atoms with Crippen LogP contribution in [-0.2, 0) is 9.47 Å². The number of rotatable bonds is 12. The van der Waals surface area contributed by atoms with Crippen molar-refractivity contribution >= 4 is 0 Å². The molecule has 0 aliphatic rings. The number of hydrogen-bond acceptors (Lipinski definition) is 2. The van der Waals surface area contributed by atoms with Gasteiger partial charge in [0.05, 0.1) is 0 Å². The minimum atomic E-state index is 0. The van der Waals surface area contributed by atoms with Gasteiger partial charge in [-0.15, -0.1) is 0 Å². The largest absolute Gasteiger partial charge is 1.00 e. The van der Waals surface area contributed by atoms with Gasteiger partial charge in [-0.3, -0.25) is 0 Å². The molecule has 2 nitrogen and oxygen atoms in total. The molecule has 0 fully saturated rings. The van der Waals surface area contributed by atoms with Gasteiger partial charge in [0.2, 0.25) is 0 Å². The molecule has 0 aromatic rings. The summed E-state index contributed by atoms with van der Waals surface area (Å²) in [6.45, 7) is 8.76. The van der Waals surface area contributed by atoms with E-state index in [1.165, 1.54) is 25.7 Å². The first-order valence-corrected chi connectivity index (χ1v) is 6.74. The zero-order valence-electron chi connectivity index (χ0n) is 12.3. The van der Waals surface area contributed by atoms with Crippen molar-refractivity contribution in [3.63, 3.8) is 0 Å². The maximum Gasteiger partial charge on any atom is 1.00 e. The van der Waals surface area contributed by atoms with Gasteiger partial charge < -0.3 is 15.9 Å². The molecule has 3 heteroatoms. The molecule has 0 rings (SSSR count). The van der Waals surface area contributed by atoms with Gasteiger partial charge in [0, 0.05) is 13.2 Å². The van der Waals surface area contributed by atoms with Crippen molar-refractivity contribution in [1.29, 1.82) is 0 Å². The van der Waals surface area contributed by atoms with Crippen LogP contribution in [0.15, 0.2) is 0 Å². The van der Waals surface area contributed by atoms with Crippen molar-refractivity contribution in [2.45, 2.75) is 59.3 Å². The van der Waals surface area contributed by atoms with Crippen molar-refractivity contribution in [2.75, 3.05) is 20.0 Å². The molecule has 0 aromatic heterocycles. The maximum absolute atomic E-state index is 5.41. The van der Waals surface area contributed by atoms with Crippen molar-refractivity contribution in [3.8, 4) is 0 Å². The van der Waals surface area contributed by atoms with Crippen LogP contribution in [0.4, 0.5) is 0 Å². The topological polar surface area (TPSA) is 18.5 Å². The molecule has 0 spiro atoms. The predicted octanol–water partition coefficient (Wildman–Crippen LogP) is 1.20. The van der Waals surface area contributed by atoms with Gasteiger partial charge in [-0.25, -0.2) is 0 Å². The average molecular weight is 236 g/mol. The van der Waals surface area contributed by atoms with E-state index in [2.05, 4.69) is 27.2 Å². The average Bonchev–Trinajstić information content (AvgIpc) is 2.27. The summed E-state index contributed by atoms with van der Waals surface area (Å²) in [7, 11) is 0. The van der Waals surface area contributed by atoms with E-state index in [4.69, 9.17) is 9.47 Å². The molecule has 0 aliphatic carbocycles.